The summed E-state index contributed by atoms with van der Waals surface area (Å²) in [5, 5.41) is 0. The number of nitrogens with zero attached hydrogens (tertiary/aromatic N) is 1. The smallest absolute Gasteiger partial charge is 0.151 e. The van der Waals surface area contributed by atoms with Crippen LogP contribution >= 0.6 is 15.9 Å². The summed E-state index contributed by atoms with van der Waals surface area (Å²) in [5.41, 5.74) is 0. The Balaban J connectivity index is 3.24. The minimum Gasteiger partial charge on any atom is -0.494 e. The summed E-state index contributed by atoms with van der Waals surface area (Å²) in [7, 11) is -2.71. The van der Waals surface area contributed by atoms with Gasteiger partial charge in [0, 0.05) is 6.17 Å². The van der Waals surface area contributed by atoms with E-state index < -0.39 is 25.3 Å². The zero-order chi connectivity index (χ0) is 11.8. The number of pyridine rings is 1. The Bertz CT molecular complexity index is 392. The van der Waals surface area contributed by atoms with Crippen LogP contribution in [0.25, 0.3) is 0 Å². The van der Waals surface area contributed by atoms with E-state index in [2.05, 4.69) is 25.7 Å². The zero-order valence-electron chi connectivity index (χ0n) is 10.2. The average Bonchev–Trinajstić information content (AvgIpc) is 2.07. The number of aromatic nitrogens is 1. The highest BCUT2D eigenvalue weighted by Crippen LogP contribution is 2.19. The largest absolute Gasteiger partial charge is 0.494 e. The van der Waals surface area contributed by atoms with Crippen molar-refractivity contribution < 1.29 is 13.0 Å². The topological polar surface area (TPSA) is 22.1 Å². The zero-order valence-corrected chi connectivity index (χ0v) is 5.82. The minimum atomic E-state index is -2.71. The molecule has 0 amide bonds. The predicted molar refractivity (Wildman–Crippen MR) is 38.5 cm³/mol. The summed E-state index contributed by atoms with van der Waals surface area (Å²) < 4.78 is 46.9. The molecule has 48 valence electrons. The molecule has 1 aromatic rings. The minimum absolute atomic E-state index is 0.0652. The molecule has 0 fully saturated rings. The Labute approximate surface area is 70.4 Å². The fraction of sp³-hybridized carbons (Fsp3) is 0.167. The summed E-state index contributed by atoms with van der Waals surface area (Å²) in [4.78, 5) is 3.52. The third kappa shape index (κ3) is 1.42. The molecule has 0 unspecified atom stereocenters. The van der Waals surface area contributed by atoms with Crippen LogP contribution < -0.4 is 4.74 Å². The summed E-state index contributed by atoms with van der Waals surface area (Å²) in [6.45, 7) is 0. The first-order valence-electron chi connectivity index (χ1n) is 5.04. The Hall–Kier alpha value is -0.570. The van der Waals surface area contributed by atoms with E-state index in [0.29, 0.717) is 0 Å². The number of hydrogen-bond donors (Lipinski definition) is 0. The van der Waals surface area contributed by atoms with Crippen molar-refractivity contribution in [1.82, 2.24) is 4.98 Å². The molecule has 0 aliphatic rings. The molecule has 0 N–H and O–H groups in total. The van der Waals surface area contributed by atoms with Gasteiger partial charge in [-0.15, -0.1) is 0 Å². The second kappa shape index (κ2) is 2.82. The number of hydrogen-bond acceptors (Lipinski definition) is 2. The van der Waals surface area contributed by atoms with Crippen molar-refractivity contribution in [2.24, 2.45) is 0 Å². The van der Waals surface area contributed by atoms with Gasteiger partial charge in [0.2, 0.25) is 0 Å². The van der Waals surface area contributed by atoms with Crippen LogP contribution in [0.3, 0.4) is 0 Å². The van der Waals surface area contributed by atoms with Crippen LogP contribution in [0.2, 0.25) is 0 Å². The van der Waals surface area contributed by atoms with Gasteiger partial charge in [0.15, 0.2) is 5.75 Å². The number of rotatable bonds is 1. The molecule has 3 heteroatoms. The molecule has 0 aromatic carbocycles. The summed E-state index contributed by atoms with van der Waals surface area (Å²) in [6, 6.07) is -0.949. The first kappa shape index (κ1) is 2.23. The van der Waals surface area contributed by atoms with E-state index in [0.717, 1.165) is 0 Å². The van der Waals surface area contributed by atoms with Crippen LogP contribution in [0.1, 0.15) is 8.22 Å². The van der Waals surface area contributed by atoms with E-state index in [9.17, 15) is 0 Å². The third-order valence-corrected chi connectivity index (χ3v) is 1.21. The normalized spacial score (nSPS) is 20.1. The van der Waals surface area contributed by atoms with E-state index in [1.165, 1.54) is 0 Å². The van der Waals surface area contributed by atoms with Gasteiger partial charge in [-0.25, -0.2) is 4.98 Å². The molecule has 0 saturated heterocycles. The fourth-order valence-electron chi connectivity index (χ4n) is 0.332. The summed E-state index contributed by atoms with van der Waals surface area (Å²) in [5.74, 6) is -0.351. The van der Waals surface area contributed by atoms with Gasteiger partial charge in [-0.2, -0.15) is 0 Å². The van der Waals surface area contributed by atoms with Gasteiger partial charge >= 0.3 is 0 Å². The van der Waals surface area contributed by atoms with E-state index in [-0.39, 0.29) is 10.4 Å². The first-order chi connectivity index (χ1) is 6.72. The molecular formula is C6H6BrNO. The summed E-state index contributed by atoms with van der Waals surface area (Å²) in [6.07, 6.45) is -0.412. The fourth-order valence-corrected chi connectivity index (χ4v) is 0.600. The van der Waals surface area contributed by atoms with Crippen LogP contribution in [0.4, 0.5) is 0 Å². The molecule has 1 heterocycles. The standard InChI is InChI=1S/C6H6BrNO/c1-9-5-3-2-4-8-6(5)7/h2-4H,1H3/i1D3,2D,3D,4D. The quantitative estimate of drug-likeness (QED) is 0.636. The van der Waals surface area contributed by atoms with Gasteiger partial charge < -0.3 is 4.74 Å². The molecule has 2 nitrogen and oxygen atoms in total. The molecule has 0 aliphatic carbocycles. The number of ether oxygens (including phenoxy) is 1. The van der Waals surface area contributed by atoms with E-state index in [1.54, 1.807) is 0 Å². The van der Waals surface area contributed by atoms with Crippen molar-refractivity contribution in [2.45, 2.75) is 0 Å². The molecule has 0 atom stereocenters. The van der Waals surface area contributed by atoms with Crippen molar-refractivity contribution in [3.63, 3.8) is 0 Å². The molecule has 0 aliphatic heterocycles. The highest BCUT2D eigenvalue weighted by Gasteiger charge is 1.94. The second-order valence-corrected chi connectivity index (χ2v) is 1.95. The van der Waals surface area contributed by atoms with Gasteiger partial charge in [-0.1, -0.05) is 0 Å². The van der Waals surface area contributed by atoms with E-state index in [1.807, 2.05) is 0 Å². The van der Waals surface area contributed by atoms with Crippen molar-refractivity contribution in [3.05, 3.63) is 22.9 Å². The lowest BCUT2D eigenvalue weighted by Crippen LogP contribution is -1.84. The molecule has 1 rings (SSSR count). The number of halogens is 1. The average molecular weight is 194 g/mol. The van der Waals surface area contributed by atoms with Gasteiger partial charge in [0.25, 0.3) is 0 Å². The lowest BCUT2D eigenvalue weighted by molar-refractivity contribution is 0.410. The molecule has 0 saturated carbocycles. The van der Waals surface area contributed by atoms with Gasteiger partial charge in [-0.05, 0) is 28.0 Å². The van der Waals surface area contributed by atoms with Crippen LogP contribution in [0.15, 0.2) is 22.9 Å². The summed E-state index contributed by atoms with van der Waals surface area (Å²) >= 11 is 2.88. The molecule has 0 spiro atoms. The van der Waals surface area contributed by atoms with E-state index in [4.69, 9.17) is 8.22 Å². The van der Waals surface area contributed by atoms with Crippen molar-refractivity contribution in [3.8, 4) is 5.75 Å². The second-order valence-electron chi connectivity index (χ2n) is 1.20. The van der Waals surface area contributed by atoms with Crippen LogP contribution in [-0.2, 0) is 0 Å². The maximum atomic E-state index is 7.40. The molecule has 1 aromatic heterocycles. The number of methoxy groups -OCH3 is 1. The highest BCUT2D eigenvalue weighted by molar-refractivity contribution is 9.10. The lowest BCUT2D eigenvalue weighted by atomic mass is 10.5. The maximum absolute atomic E-state index is 7.40. The SMILES string of the molecule is [2H]c1nc(Br)c(OC([2H])([2H])[2H])c([2H])c1[2H]. The van der Waals surface area contributed by atoms with Crippen LogP contribution in [0, 0.1) is 0 Å². The predicted octanol–water partition coefficient (Wildman–Crippen LogP) is 1.85. The lowest BCUT2D eigenvalue weighted by Gasteiger charge is -1.98. The Morgan fingerprint density at radius 2 is 2.89 bits per heavy atom. The maximum Gasteiger partial charge on any atom is 0.151 e. The molecule has 9 heavy (non-hydrogen) atoms. The van der Waals surface area contributed by atoms with Crippen molar-refractivity contribution >= 4 is 15.9 Å². The monoisotopic (exact) mass is 193 g/mol. The van der Waals surface area contributed by atoms with Gasteiger partial charge in [-0.3, -0.25) is 0 Å². The Morgan fingerprint density at radius 3 is 3.67 bits per heavy atom. The van der Waals surface area contributed by atoms with E-state index >= 15 is 0 Å². The Kier molecular flexibility index (Phi) is 0.701. The molecular weight excluding hydrogens is 182 g/mol. The first-order valence-corrected chi connectivity index (χ1v) is 2.84. The molecule has 0 bridgehead atoms. The van der Waals surface area contributed by atoms with Crippen LogP contribution in [0.5, 0.6) is 5.75 Å². The van der Waals surface area contributed by atoms with Gasteiger partial charge in [0.05, 0.1) is 15.3 Å². The van der Waals surface area contributed by atoms with Crippen molar-refractivity contribution in [2.75, 3.05) is 7.04 Å². The van der Waals surface area contributed by atoms with Crippen molar-refractivity contribution in [1.29, 1.82) is 0 Å². The Morgan fingerprint density at radius 1 is 2.00 bits per heavy atom. The highest BCUT2D eigenvalue weighted by atomic mass is 79.9. The van der Waals surface area contributed by atoms with Gasteiger partial charge in [0.1, 0.15) is 4.60 Å². The third-order valence-electron chi connectivity index (χ3n) is 0.675. The molecule has 0 radical (unpaired) electrons. The van der Waals surface area contributed by atoms with Crippen LogP contribution in [-0.4, -0.2) is 12.0 Å².